The molecule has 0 spiro atoms. The van der Waals surface area contributed by atoms with Crippen molar-refractivity contribution in [1.29, 1.82) is 0 Å². The third-order valence-corrected chi connectivity index (χ3v) is 5.54. The number of carboxylic acid groups (broad SMARTS) is 1. The fraction of sp³-hybridized carbons (Fsp3) is 0.375. The molecule has 1 rings (SSSR count). The van der Waals surface area contributed by atoms with Crippen molar-refractivity contribution in [1.82, 2.24) is 0 Å². The van der Waals surface area contributed by atoms with E-state index in [2.05, 4.69) is 0 Å². The Kier molecular flexibility index (Phi) is 4.78. The van der Waals surface area contributed by atoms with E-state index in [1.54, 1.807) is 0 Å². The molecule has 0 saturated carbocycles. The van der Waals surface area contributed by atoms with Crippen molar-refractivity contribution in [3.63, 3.8) is 0 Å². The number of hydrogen-bond donors (Lipinski definition) is 2. The zero-order chi connectivity index (χ0) is 12.3. The Morgan fingerprint density at radius 3 is 2.62 bits per heavy atom. The summed E-state index contributed by atoms with van der Waals surface area (Å²) in [6.45, 7) is 1.86. The van der Waals surface area contributed by atoms with E-state index in [0.717, 1.165) is 11.3 Å². The zero-order valence-electron chi connectivity index (χ0n) is 8.47. The fourth-order valence-corrected chi connectivity index (χ4v) is 4.84. The molecule has 0 amide bonds. The van der Waals surface area contributed by atoms with Gasteiger partial charge in [0.2, 0.25) is 0 Å². The maximum atomic E-state index is 11.7. The maximum absolute atomic E-state index is 11.7. The van der Waals surface area contributed by atoms with Gasteiger partial charge in [-0.15, -0.1) is 11.3 Å². The molecule has 90 valence electrons. The summed E-state index contributed by atoms with van der Waals surface area (Å²) in [5.74, 6) is -0.793. The molecule has 8 heteroatoms. The quantitative estimate of drug-likeness (QED) is 0.839. The summed E-state index contributed by atoms with van der Waals surface area (Å²) in [5.41, 5.74) is 0. The van der Waals surface area contributed by atoms with Crippen LogP contribution in [0.3, 0.4) is 0 Å². The lowest BCUT2D eigenvalue weighted by molar-refractivity contribution is 0.0698. The number of carbonyl (C=O) groups is 1. The van der Waals surface area contributed by atoms with E-state index in [4.69, 9.17) is 10.2 Å². The van der Waals surface area contributed by atoms with Crippen molar-refractivity contribution >= 4 is 39.1 Å². The van der Waals surface area contributed by atoms with E-state index in [-0.39, 0.29) is 14.7 Å². The number of thiophene rings is 1. The maximum Gasteiger partial charge on any atom is 0.347 e. The van der Waals surface area contributed by atoms with Crippen LogP contribution in [0.1, 0.15) is 23.0 Å². The number of aromatic carboxylic acids is 1. The highest BCUT2D eigenvalue weighted by atomic mass is 32.2. The first-order valence-corrected chi connectivity index (χ1v) is 7.79. The van der Waals surface area contributed by atoms with E-state index in [0.29, 0.717) is 12.2 Å². The van der Waals surface area contributed by atoms with Gasteiger partial charge in [0.1, 0.15) is 15.9 Å². The van der Waals surface area contributed by atoms with Crippen molar-refractivity contribution < 1.29 is 18.3 Å². The van der Waals surface area contributed by atoms with Gasteiger partial charge < -0.3 is 5.11 Å². The third-order valence-electron chi connectivity index (χ3n) is 1.74. The van der Waals surface area contributed by atoms with E-state index in [1.807, 2.05) is 6.92 Å². The van der Waals surface area contributed by atoms with Crippen LogP contribution < -0.4 is 5.14 Å². The molecule has 1 aromatic heterocycles. The molecule has 0 aromatic carbocycles. The highest BCUT2D eigenvalue weighted by Crippen LogP contribution is 2.28. The average molecular weight is 281 g/mol. The highest BCUT2D eigenvalue weighted by molar-refractivity contribution is 7.87. The van der Waals surface area contributed by atoms with Crippen LogP contribution in [0.5, 0.6) is 0 Å². The van der Waals surface area contributed by atoms with Gasteiger partial charge in [-0.1, -0.05) is 6.92 Å². The summed E-state index contributed by atoms with van der Waals surface area (Å²) in [6.07, 6.45) is 0.696. The Morgan fingerprint density at radius 1 is 1.56 bits per heavy atom. The van der Waals surface area contributed by atoms with E-state index in [9.17, 15) is 13.2 Å². The highest BCUT2D eigenvalue weighted by Gasteiger charge is 2.23. The Labute approximate surface area is 102 Å². The molecule has 0 fully saturated rings. The standard InChI is InChI=1S/C8H11NO4S3/c1-2-3-15(12)5-4-14-6(8(10)11)7(5)16(9)13/h4H,2-3,9H2,1H3,(H,10,11). The van der Waals surface area contributed by atoms with E-state index >= 15 is 0 Å². The predicted molar refractivity (Wildman–Crippen MR) is 63.4 cm³/mol. The summed E-state index contributed by atoms with van der Waals surface area (Å²) >= 11 is 0.901. The van der Waals surface area contributed by atoms with Crippen LogP contribution >= 0.6 is 11.3 Å². The van der Waals surface area contributed by atoms with Gasteiger partial charge in [0, 0.05) is 11.1 Å². The van der Waals surface area contributed by atoms with Crippen molar-refractivity contribution in [3.05, 3.63) is 10.3 Å². The molecule has 1 heterocycles. The van der Waals surface area contributed by atoms with Gasteiger partial charge in [-0.05, 0) is 6.42 Å². The lowest BCUT2D eigenvalue weighted by atomic mass is 10.5. The predicted octanol–water partition coefficient (Wildman–Crippen LogP) is 0.945. The minimum absolute atomic E-state index is 0.00992. The van der Waals surface area contributed by atoms with Crippen LogP contribution in [-0.2, 0) is 21.8 Å². The van der Waals surface area contributed by atoms with Crippen molar-refractivity contribution in [2.75, 3.05) is 5.75 Å². The van der Waals surface area contributed by atoms with Crippen LogP contribution in [0.25, 0.3) is 0 Å². The normalized spacial score (nSPS) is 14.6. The second kappa shape index (κ2) is 5.67. The van der Waals surface area contributed by atoms with Crippen LogP contribution in [0.2, 0.25) is 0 Å². The number of hydrogen-bond acceptors (Lipinski definition) is 4. The minimum atomic E-state index is -1.93. The zero-order valence-corrected chi connectivity index (χ0v) is 10.9. The summed E-state index contributed by atoms with van der Waals surface area (Å²) in [4.78, 5) is 11.0. The van der Waals surface area contributed by atoms with Gasteiger partial charge in [-0.3, -0.25) is 4.21 Å². The molecule has 0 saturated heterocycles. The Morgan fingerprint density at radius 2 is 2.19 bits per heavy atom. The Balaban J connectivity index is 3.25. The smallest absolute Gasteiger partial charge is 0.347 e. The monoisotopic (exact) mass is 281 g/mol. The fourth-order valence-electron chi connectivity index (χ4n) is 1.12. The molecular formula is C8H11NO4S3. The average Bonchev–Trinajstić information content (AvgIpc) is 2.61. The number of carboxylic acids is 1. The first-order chi connectivity index (χ1) is 7.49. The molecule has 0 aliphatic heterocycles. The van der Waals surface area contributed by atoms with Gasteiger partial charge in [0.15, 0.2) is 0 Å². The number of rotatable bonds is 5. The Hall–Kier alpha value is -0.570. The molecule has 5 nitrogen and oxygen atoms in total. The van der Waals surface area contributed by atoms with Gasteiger partial charge in [-0.25, -0.2) is 14.1 Å². The van der Waals surface area contributed by atoms with E-state index in [1.165, 1.54) is 5.38 Å². The lowest BCUT2D eigenvalue weighted by Gasteiger charge is -2.01. The topological polar surface area (TPSA) is 97.5 Å². The third kappa shape index (κ3) is 2.76. The Bertz CT molecular complexity index is 454. The largest absolute Gasteiger partial charge is 0.477 e. The van der Waals surface area contributed by atoms with Crippen molar-refractivity contribution in [2.45, 2.75) is 23.1 Å². The van der Waals surface area contributed by atoms with Crippen molar-refractivity contribution in [2.24, 2.45) is 5.14 Å². The molecular weight excluding hydrogens is 270 g/mol. The molecule has 1 aromatic rings. The summed E-state index contributed by atoms with van der Waals surface area (Å²) in [5, 5.41) is 15.5. The van der Waals surface area contributed by atoms with Crippen LogP contribution in [-0.4, -0.2) is 25.2 Å². The van der Waals surface area contributed by atoms with Crippen molar-refractivity contribution in [3.8, 4) is 0 Å². The molecule has 0 bridgehead atoms. The van der Waals surface area contributed by atoms with Gasteiger partial charge in [-0.2, -0.15) is 0 Å². The second-order valence-corrected chi connectivity index (χ2v) is 6.33. The lowest BCUT2D eigenvalue weighted by Crippen LogP contribution is -2.10. The van der Waals surface area contributed by atoms with Gasteiger partial charge in [0.25, 0.3) is 0 Å². The van der Waals surface area contributed by atoms with Crippen LogP contribution in [0.15, 0.2) is 15.2 Å². The van der Waals surface area contributed by atoms with Crippen LogP contribution in [0, 0.1) is 0 Å². The first kappa shape index (κ1) is 13.5. The summed E-state index contributed by atoms with van der Waals surface area (Å²) in [6, 6.07) is 0. The molecule has 16 heavy (non-hydrogen) atoms. The van der Waals surface area contributed by atoms with Crippen LogP contribution in [0.4, 0.5) is 0 Å². The number of nitrogens with two attached hydrogens (primary N) is 1. The first-order valence-electron chi connectivity index (χ1n) is 4.38. The molecule has 3 N–H and O–H groups in total. The molecule has 0 aliphatic rings. The second-order valence-electron chi connectivity index (χ2n) is 2.91. The molecule has 2 atom stereocenters. The molecule has 2 unspecified atom stereocenters. The van der Waals surface area contributed by atoms with E-state index < -0.39 is 27.8 Å². The minimum Gasteiger partial charge on any atom is -0.477 e. The molecule has 0 radical (unpaired) electrons. The van der Waals surface area contributed by atoms with Gasteiger partial charge in [0.05, 0.1) is 20.6 Å². The SMILES string of the molecule is CCCS(=O)c1csc(C(=O)O)c1S(N)=O. The summed E-state index contributed by atoms with van der Waals surface area (Å²) < 4.78 is 23.0. The summed E-state index contributed by atoms with van der Waals surface area (Å²) in [7, 11) is -3.27. The molecule has 0 aliphatic carbocycles. The van der Waals surface area contributed by atoms with Gasteiger partial charge >= 0.3 is 5.97 Å².